The van der Waals surface area contributed by atoms with Crippen LogP contribution in [0.15, 0.2) is 35.9 Å². The van der Waals surface area contributed by atoms with E-state index in [1.807, 2.05) is 24.3 Å². The van der Waals surface area contributed by atoms with Crippen LogP contribution in [0.2, 0.25) is 0 Å². The topological polar surface area (TPSA) is 76.1 Å². The van der Waals surface area contributed by atoms with Gasteiger partial charge in [0.25, 0.3) is 0 Å². The first-order chi connectivity index (χ1) is 12.7. The normalized spacial score (nSPS) is 13.8. The van der Waals surface area contributed by atoms with Crippen LogP contribution < -0.4 is 15.4 Å². The molecule has 0 saturated heterocycles. The summed E-state index contributed by atoms with van der Waals surface area (Å²) in [5.41, 5.74) is 2.55. The summed E-state index contributed by atoms with van der Waals surface area (Å²) in [5.74, 6) is 0.817. The number of hydrogen-bond acceptors (Lipinski definition) is 5. The molecule has 1 aliphatic carbocycles. The van der Waals surface area contributed by atoms with Gasteiger partial charge >= 0.3 is 6.03 Å². The van der Waals surface area contributed by atoms with Crippen LogP contribution >= 0.6 is 11.3 Å². The first kappa shape index (κ1) is 18.4. The van der Waals surface area contributed by atoms with Crippen LogP contribution in [0.25, 0.3) is 0 Å². The molecule has 1 aliphatic rings. The fraction of sp³-hybridized carbons (Fsp3) is 0.421. The van der Waals surface area contributed by atoms with Crippen molar-refractivity contribution in [3.8, 4) is 5.75 Å². The molecule has 1 aromatic heterocycles. The molecule has 0 spiro atoms. The lowest BCUT2D eigenvalue weighted by molar-refractivity contribution is 0.252. The number of nitrogens with zero attached hydrogens (tertiary/aromatic N) is 2. The lowest BCUT2D eigenvalue weighted by Gasteiger charge is -2.12. The van der Waals surface area contributed by atoms with Crippen LogP contribution in [0.4, 0.5) is 9.93 Å². The van der Waals surface area contributed by atoms with E-state index in [0.29, 0.717) is 18.1 Å². The summed E-state index contributed by atoms with van der Waals surface area (Å²) in [5, 5.41) is 15.2. The maximum absolute atomic E-state index is 12.0. The summed E-state index contributed by atoms with van der Waals surface area (Å²) < 4.78 is 5.23. The summed E-state index contributed by atoms with van der Waals surface area (Å²) in [6, 6.07) is 7.61. The number of aromatic nitrogens is 2. The van der Waals surface area contributed by atoms with Gasteiger partial charge in [-0.05, 0) is 49.8 Å². The van der Waals surface area contributed by atoms with Crippen LogP contribution in [0.5, 0.6) is 5.75 Å². The van der Waals surface area contributed by atoms with Crippen molar-refractivity contribution in [2.24, 2.45) is 0 Å². The van der Waals surface area contributed by atoms with Crippen molar-refractivity contribution >= 4 is 22.5 Å². The Morgan fingerprint density at radius 1 is 1.31 bits per heavy atom. The molecule has 1 heterocycles. The highest BCUT2D eigenvalue weighted by atomic mass is 32.1. The first-order valence-corrected chi connectivity index (χ1v) is 9.72. The van der Waals surface area contributed by atoms with Gasteiger partial charge in [-0.25, -0.2) is 4.79 Å². The number of nitrogens with one attached hydrogen (secondary N) is 2. The van der Waals surface area contributed by atoms with Gasteiger partial charge in [-0.15, -0.1) is 10.2 Å². The number of methoxy groups -OCH3 is 1. The van der Waals surface area contributed by atoms with Crippen LogP contribution in [0, 0.1) is 0 Å². The Hall–Kier alpha value is -2.41. The van der Waals surface area contributed by atoms with Crippen molar-refractivity contribution < 1.29 is 9.53 Å². The largest absolute Gasteiger partial charge is 0.497 e. The number of rotatable bonds is 7. The average Bonchev–Trinajstić information content (AvgIpc) is 3.09. The maximum atomic E-state index is 12.0. The van der Waals surface area contributed by atoms with Crippen molar-refractivity contribution in [1.29, 1.82) is 0 Å². The van der Waals surface area contributed by atoms with Crippen LogP contribution in [0.3, 0.4) is 0 Å². The minimum atomic E-state index is -0.231. The van der Waals surface area contributed by atoms with E-state index in [-0.39, 0.29) is 6.03 Å². The van der Waals surface area contributed by atoms with Crippen molar-refractivity contribution in [2.75, 3.05) is 19.0 Å². The van der Waals surface area contributed by atoms with E-state index in [2.05, 4.69) is 26.9 Å². The zero-order chi connectivity index (χ0) is 18.2. The second kappa shape index (κ2) is 9.33. The van der Waals surface area contributed by atoms with Gasteiger partial charge in [-0.2, -0.15) is 0 Å². The van der Waals surface area contributed by atoms with Crippen molar-refractivity contribution in [3.63, 3.8) is 0 Å². The molecule has 0 bridgehead atoms. The molecule has 0 atom stereocenters. The fourth-order valence-electron chi connectivity index (χ4n) is 2.94. The van der Waals surface area contributed by atoms with Crippen LogP contribution in [-0.4, -0.2) is 29.9 Å². The van der Waals surface area contributed by atoms with Gasteiger partial charge in [0.2, 0.25) is 5.13 Å². The van der Waals surface area contributed by atoms with Crippen LogP contribution in [-0.2, 0) is 6.42 Å². The molecule has 138 valence electrons. The Morgan fingerprint density at radius 2 is 2.23 bits per heavy atom. The van der Waals surface area contributed by atoms with E-state index < -0.39 is 0 Å². The fourth-order valence-corrected chi connectivity index (χ4v) is 3.71. The van der Waals surface area contributed by atoms with Gasteiger partial charge in [-0.3, -0.25) is 5.32 Å². The van der Waals surface area contributed by atoms with Gasteiger partial charge in [0, 0.05) is 13.0 Å². The Kier molecular flexibility index (Phi) is 6.60. The predicted octanol–water partition coefficient (Wildman–Crippen LogP) is 4.15. The number of anilines is 1. The lowest BCUT2D eigenvalue weighted by Crippen LogP contribution is -2.29. The molecule has 2 aromatic rings. The second-order valence-electron chi connectivity index (χ2n) is 6.27. The van der Waals surface area contributed by atoms with Crippen molar-refractivity contribution in [3.05, 3.63) is 46.5 Å². The number of carbonyl (C=O) groups excluding carboxylic acids is 1. The number of amides is 2. The quantitative estimate of drug-likeness (QED) is 0.716. The monoisotopic (exact) mass is 372 g/mol. The number of allylic oxidation sites excluding steroid dienone is 1. The number of hydrogen-bond donors (Lipinski definition) is 2. The summed E-state index contributed by atoms with van der Waals surface area (Å²) in [7, 11) is 1.65. The maximum Gasteiger partial charge on any atom is 0.321 e. The zero-order valence-electron chi connectivity index (χ0n) is 15.0. The summed E-state index contributed by atoms with van der Waals surface area (Å²) in [6.45, 7) is 0.646. The molecule has 0 radical (unpaired) electrons. The molecule has 0 aliphatic heterocycles. The summed E-state index contributed by atoms with van der Waals surface area (Å²) >= 11 is 1.38. The van der Waals surface area contributed by atoms with Gasteiger partial charge < -0.3 is 10.1 Å². The highest BCUT2D eigenvalue weighted by molar-refractivity contribution is 7.15. The molecule has 0 fully saturated rings. The third kappa shape index (κ3) is 5.56. The number of benzene rings is 1. The Labute approximate surface area is 157 Å². The molecular weight excluding hydrogens is 348 g/mol. The Balaban J connectivity index is 1.45. The Bertz CT molecular complexity index is 772. The van der Waals surface area contributed by atoms with E-state index in [4.69, 9.17) is 4.74 Å². The lowest BCUT2D eigenvalue weighted by atomic mass is 9.97. The number of ether oxygens (including phenoxy) is 1. The number of urea groups is 1. The SMILES string of the molecule is COc1cccc(Cc2nnc(NC(=O)NCCC3=CCCCC3)s2)c1. The third-order valence-corrected chi connectivity index (χ3v) is 5.13. The predicted molar refractivity (Wildman–Crippen MR) is 104 cm³/mol. The second-order valence-corrected chi connectivity index (χ2v) is 7.33. The standard InChI is InChI=1S/C19H24N4O2S/c1-25-16-9-5-8-15(12-16)13-17-22-23-19(26-17)21-18(24)20-11-10-14-6-3-2-4-7-14/h5-6,8-9,12H,2-4,7,10-11,13H2,1H3,(H2,20,21,23,24). The molecule has 3 rings (SSSR count). The number of carbonyl (C=O) groups is 1. The molecule has 6 nitrogen and oxygen atoms in total. The average molecular weight is 372 g/mol. The summed E-state index contributed by atoms with van der Waals surface area (Å²) in [4.78, 5) is 12.0. The molecule has 0 saturated carbocycles. The first-order valence-electron chi connectivity index (χ1n) is 8.91. The Morgan fingerprint density at radius 3 is 3.04 bits per heavy atom. The zero-order valence-corrected chi connectivity index (χ0v) is 15.8. The molecule has 26 heavy (non-hydrogen) atoms. The smallest absolute Gasteiger partial charge is 0.321 e. The minimum absolute atomic E-state index is 0.231. The molecule has 2 N–H and O–H groups in total. The van der Waals surface area contributed by atoms with Gasteiger partial charge in [0.1, 0.15) is 10.8 Å². The molecular formula is C19H24N4O2S. The molecule has 7 heteroatoms. The summed E-state index contributed by atoms with van der Waals surface area (Å²) in [6.07, 6.45) is 8.76. The third-order valence-electron chi connectivity index (χ3n) is 4.29. The van der Waals surface area contributed by atoms with Crippen molar-refractivity contribution in [2.45, 2.75) is 38.5 Å². The van der Waals surface area contributed by atoms with Gasteiger partial charge in [0.05, 0.1) is 7.11 Å². The van der Waals surface area contributed by atoms with E-state index in [1.54, 1.807) is 7.11 Å². The van der Waals surface area contributed by atoms with Crippen molar-refractivity contribution in [1.82, 2.24) is 15.5 Å². The molecule has 0 unspecified atom stereocenters. The van der Waals surface area contributed by atoms with Crippen LogP contribution in [0.1, 0.15) is 42.7 Å². The van der Waals surface area contributed by atoms with E-state index >= 15 is 0 Å². The highest BCUT2D eigenvalue weighted by Gasteiger charge is 2.09. The van der Waals surface area contributed by atoms with E-state index in [9.17, 15) is 4.79 Å². The van der Waals surface area contributed by atoms with E-state index in [0.717, 1.165) is 29.2 Å². The molecule has 1 aromatic carbocycles. The molecule has 2 amide bonds. The highest BCUT2D eigenvalue weighted by Crippen LogP contribution is 2.21. The minimum Gasteiger partial charge on any atom is -0.497 e. The van der Waals surface area contributed by atoms with Gasteiger partial charge in [-0.1, -0.05) is 35.1 Å². The van der Waals surface area contributed by atoms with Gasteiger partial charge in [0.15, 0.2) is 0 Å². The van der Waals surface area contributed by atoms with E-state index in [1.165, 1.54) is 36.2 Å².